The zero-order valence-corrected chi connectivity index (χ0v) is 21.7. The molecule has 1 nitrogen and oxygen atoms in total. The van der Waals surface area contributed by atoms with Crippen LogP contribution >= 0.6 is 11.6 Å². The minimum atomic E-state index is 0.777. The van der Waals surface area contributed by atoms with Crippen LogP contribution in [0.15, 0.2) is 127 Å². The number of hydrogen-bond donors (Lipinski definition) is 0. The first-order valence-corrected chi connectivity index (χ1v) is 13.5. The van der Waals surface area contributed by atoms with Gasteiger partial charge in [0.25, 0.3) is 0 Å². The van der Waals surface area contributed by atoms with Crippen molar-refractivity contribution in [2.75, 3.05) is 4.90 Å². The van der Waals surface area contributed by atoms with Crippen molar-refractivity contribution >= 4 is 56.3 Å². The zero-order chi connectivity index (χ0) is 25.5. The van der Waals surface area contributed by atoms with Crippen LogP contribution in [0.1, 0.15) is 17.5 Å². The van der Waals surface area contributed by atoms with Gasteiger partial charge in [-0.2, -0.15) is 0 Å². The van der Waals surface area contributed by atoms with E-state index in [1.807, 2.05) is 12.1 Å². The van der Waals surface area contributed by atoms with Crippen LogP contribution in [0.3, 0.4) is 0 Å². The van der Waals surface area contributed by atoms with Crippen molar-refractivity contribution in [1.82, 2.24) is 0 Å². The van der Waals surface area contributed by atoms with Crippen LogP contribution in [0.4, 0.5) is 17.1 Å². The molecule has 0 amide bonds. The Balaban J connectivity index is 1.45. The van der Waals surface area contributed by atoms with E-state index in [9.17, 15) is 0 Å². The molecule has 0 saturated carbocycles. The van der Waals surface area contributed by atoms with Gasteiger partial charge < -0.3 is 4.90 Å². The van der Waals surface area contributed by atoms with E-state index >= 15 is 0 Å². The number of fused-ring (bicyclic) bond motifs is 4. The lowest BCUT2D eigenvalue weighted by atomic mass is 9.91. The van der Waals surface area contributed by atoms with Gasteiger partial charge in [0.05, 0.1) is 5.69 Å². The van der Waals surface area contributed by atoms with Gasteiger partial charge in [-0.1, -0.05) is 109 Å². The van der Waals surface area contributed by atoms with Gasteiger partial charge in [0.2, 0.25) is 0 Å². The Labute approximate surface area is 228 Å². The Hall–Kier alpha value is -4.33. The summed E-state index contributed by atoms with van der Waals surface area (Å²) in [7, 11) is 0. The quantitative estimate of drug-likeness (QED) is 0.229. The van der Waals surface area contributed by atoms with E-state index in [2.05, 4.69) is 126 Å². The third-order valence-corrected chi connectivity index (χ3v) is 7.90. The number of anilines is 3. The summed E-state index contributed by atoms with van der Waals surface area (Å²) in [6.07, 6.45) is 6.80. The standard InChI is InChI=1S/C36H26ClN/c37-35-20-8-17-31-30(16-7-19-33(31)35)26-11-6-14-28(24-26)38(27-12-2-1-3-13-27)36-21-9-18-32-29-15-5-4-10-25(29)22-23-34(32)36/h1-3,5-9,11-24H,4,10H2. The van der Waals surface area contributed by atoms with Gasteiger partial charge in [0.1, 0.15) is 0 Å². The molecule has 0 atom stereocenters. The SMILES string of the molecule is Clc1cccc2c(-c3cccc(N(c4ccccc4)c4cccc5c6c(ccc45)CCC=C6)c3)cccc12. The van der Waals surface area contributed by atoms with Crippen molar-refractivity contribution in [2.45, 2.75) is 12.8 Å². The first kappa shape index (κ1) is 22.8. The van der Waals surface area contributed by atoms with Crippen molar-refractivity contribution in [3.63, 3.8) is 0 Å². The van der Waals surface area contributed by atoms with Crippen LogP contribution in [0.2, 0.25) is 5.02 Å². The molecule has 7 rings (SSSR count). The summed E-state index contributed by atoms with van der Waals surface area (Å²) in [6, 6.07) is 43.3. The van der Waals surface area contributed by atoms with Crippen LogP contribution in [-0.4, -0.2) is 0 Å². The van der Waals surface area contributed by atoms with E-state index in [0.717, 1.165) is 45.6 Å². The molecule has 1 aliphatic carbocycles. The first-order valence-electron chi connectivity index (χ1n) is 13.1. The lowest BCUT2D eigenvalue weighted by Crippen LogP contribution is -2.11. The molecule has 0 bridgehead atoms. The summed E-state index contributed by atoms with van der Waals surface area (Å²) in [5.41, 5.74) is 8.55. The Morgan fingerprint density at radius 3 is 2.26 bits per heavy atom. The number of allylic oxidation sites excluding steroid dienone is 1. The zero-order valence-electron chi connectivity index (χ0n) is 20.9. The minimum Gasteiger partial charge on any atom is -0.310 e. The molecular formula is C36H26ClN. The average molecular weight is 508 g/mol. The van der Waals surface area contributed by atoms with E-state index < -0.39 is 0 Å². The maximum absolute atomic E-state index is 6.55. The van der Waals surface area contributed by atoms with Gasteiger partial charge in [-0.25, -0.2) is 0 Å². The monoisotopic (exact) mass is 507 g/mol. The van der Waals surface area contributed by atoms with E-state index in [1.54, 1.807) is 0 Å². The highest BCUT2D eigenvalue weighted by atomic mass is 35.5. The molecule has 0 aliphatic heterocycles. The molecule has 0 aromatic heterocycles. The second-order valence-electron chi connectivity index (χ2n) is 9.81. The maximum atomic E-state index is 6.55. The third-order valence-electron chi connectivity index (χ3n) is 7.57. The Morgan fingerprint density at radius 2 is 1.34 bits per heavy atom. The van der Waals surface area contributed by atoms with Crippen molar-refractivity contribution < 1.29 is 0 Å². The lowest BCUT2D eigenvalue weighted by Gasteiger charge is -2.28. The normalized spacial score (nSPS) is 12.6. The highest BCUT2D eigenvalue weighted by Gasteiger charge is 2.18. The van der Waals surface area contributed by atoms with Crippen molar-refractivity contribution in [2.24, 2.45) is 0 Å². The molecular weight excluding hydrogens is 482 g/mol. The molecule has 6 aromatic rings. The molecule has 0 heterocycles. The molecule has 1 aliphatic rings. The van der Waals surface area contributed by atoms with Crippen LogP contribution in [-0.2, 0) is 6.42 Å². The van der Waals surface area contributed by atoms with E-state index in [4.69, 9.17) is 11.6 Å². The molecule has 0 radical (unpaired) electrons. The van der Waals surface area contributed by atoms with E-state index in [-0.39, 0.29) is 0 Å². The van der Waals surface area contributed by atoms with Crippen molar-refractivity contribution in [1.29, 1.82) is 0 Å². The van der Waals surface area contributed by atoms with Crippen LogP contribution < -0.4 is 4.90 Å². The fraction of sp³-hybridized carbons (Fsp3) is 0.0556. The van der Waals surface area contributed by atoms with Crippen LogP contribution in [0.5, 0.6) is 0 Å². The smallest absolute Gasteiger partial charge is 0.0540 e. The summed E-state index contributed by atoms with van der Waals surface area (Å²) in [5.74, 6) is 0. The Kier molecular flexibility index (Phi) is 5.72. The second-order valence-corrected chi connectivity index (χ2v) is 10.2. The average Bonchev–Trinajstić information content (AvgIpc) is 2.98. The molecule has 6 aromatic carbocycles. The van der Waals surface area contributed by atoms with Gasteiger partial charge in [0, 0.05) is 27.2 Å². The molecule has 2 heteroatoms. The maximum Gasteiger partial charge on any atom is 0.0540 e. The lowest BCUT2D eigenvalue weighted by molar-refractivity contribution is 0.990. The predicted molar refractivity (Wildman–Crippen MR) is 164 cm³/mol. The molecule has 0 N–H and O–H groups in total. The van der Waals surface area contributed by atoms with E-state index in [1.165, 1.54) is 33.2 Å². The van der Waals surface area contributed by atoms with Crippen LogP contribution in [0, 0.1) is 0 Å². The summed E-state index contributed by atoms with van der Waals surface area (Å²) in [6.45, 7) is 0. The van der Waals surface area contributed by atoms with Gasteiger partial charge in [-0.3, -0.25) is 0 Å². The predicted octanol–water partition coefficient (Wildman–Crippen LogP) is 10.7. The number of hydrogen-bond acceptors (Lipinski definition) is 1. The molecule has 38 heavy (non-hydrogen) atoms. The number of halogens is 1. The van der Waals surface area contributed by atoms with Crippen molar-refractivity contribution in [3.05, 3.63) is 144 Å². The summed E-state index contributed by atoms with van der Waals surface area (Å²) in [5, 5.41) is 5.57. The van der Waals surface area contributed by atoms with Gasteiger partial charge in [-0.05, 0) is 82.3 Å². The van der Waals surface area contributed by atoms with Gasteiger partial charge >= 0.3 is 0 Å². The van der Waals surface area contributed by atoms with Gasteiger partial charge in [0.15, 0.2) is 0 Å². The number of rotatable bonds is 4. The molecule has 0 spiro atoms. The number of aryl methyl sites for hydroxylation is 1. The number of nitrogens with zero attached hydrogens (tertiary/aromatic N) is 1. The topological polar surface area (TPSA) is 3.24 Å². The van der Waals surface area contributed by atoms with Gasteiger partial charge in [-0.15, -0.1) is 0 Å². The number of benzene rings is 6. The molecule has 0 fully saturated rings. The largest absolute Gasteiger partial charge is 0.310 e. The number of para-hydroxylation sites is 1. The highest BCUT2D eigenvalue weighted by Crippen LogP contribution is 2.42. The van der Waals surface area contributed by atoms with Crippen LogP contribution in [0.25, 0.3) is 38.7 Å². The summed E-state index contributed by atoms with van der Waals surface area (Å²) < 4.78 is 0. The Morgan fingerprint density at radius 1 is 0.579 bits per heavy atom. The molecule has 182 valence electrons. The molecule has 0 unspecified atom stereocenters. The third kappa shape index (κ3) is 3.88. The highest BCUT2D eigenvalue weighted by molar-refractivity contribution is 6.35. The van der Waals surface area contributed by atoms with E-state index in [0.29, 0.717) is 0 Å². The van der Waals surface area contributed by atoms with Crippen molar-refractivity contribution in [3.8, 4) is 11.1 Å². The fourth-order valence-electron chi connectivity index (χ4n) is 5.80. The molecule has 0 saturated heterocycles. The Bertz CT molecular complexity index is 1830. The fourth-order valence-corrected chi connectivity index (χ4v) is 6.04. The summed E-state index contributed by atoms with van der Waals surface area (Å²) in [4.78, 5) is 2.38. The first-order chi connectivity index (χ1) is 18.8. The second kappa shape index (κ2) is 9.52. The minimum absolute atomic E-state index is 0.777. The summed E-state index contributed by atoms with van der Waals surface area (Å²) >= 11 is 6.55.